The summed E-state index contributed by atoms with van der Waals surface area (Å²) in [7, 11) is -2.84. The number of carbonyl (C=O) groups is 1. The second-order valence-electron chi connectivity index (χ2n) is 5.53. The highest BCUT2D eigenvalue weighted by Crippen LogP contribution is 2.45. The van der Waals surface area contributed by atoms with E-state index in [0.717, 1.165) is 18.7 Å². The van der Waals surface area contributed by atoms with Gasteiger partial charge in [-0.25, -0.2) is 4.98 Å². The molecule has 1 aliphatic carbocycles. The van der Waals surface area contributed by atoms with Crippen molar-refractivity contribution in [1.29, 1.82) is 0 Å². The Morgan fingerprint density at radius 3 is 2.60 bits per heavy atom. The van der Waals surface area contributed by atoms with Crippen LogP contribution in [0.5, 0.6) is 0 Å². The van der Waals surface area contributed by atoms with Crippen molar-refractivity contribution in [3.05, 3.63) is 18.2 Å². The van der Waals surface area contributed by atoms with Crippen molar-refractivity contribution in [2.75, 3.05) is 6.54 Å². The van der Waals surface area contributed by atoms with Crippen LogP contribution in [0.1, 0.15) is 31.1 Å². The number of carbonyl (C=O) groups excluding carboxylic acids is 1. The molecular formula is C12H16FN3O3S. The Labute approximate surface area is 116 Å². The molecule has 1 saturated heterocycles. The van der Waals surface area contributed by atoms with Gasteiger partial charge in [0.1, 0.15) is 11.1 Å². The first-order valence-electron chi connectivity index (χ1n) is 6.58. The fraction of sp³-hybridized carbons (Fsp3) is 0.667. The molecule has 2 fully saturated rings. The molecule has 0 bridgehead atoms. The van der Waals surface area contributed by atoms with Crippen molar-refractivity contribution < 1.29 is 17.1 Å². The van der Waals surface area contributed by atoms with Crippen LogP contribution in [0, 0.1) is 5.92 Å². The van der Waals surface area contributed by atoms with E-state index >= 15 is 0 Å². The third-order valence-corrected chi connectivity index (χ3v) is 5.16. The van der Waals surface area contributed by atoms with Crippen molar-refractivity contribution in [1.82, 2.24) is 14.5 Å². The van der Waals surface area contributed by atoms with Gasteiger partial charge in [0.2, 0.25) is 5.91 Å². The summed E-state index contributed by atoms with van der Waals surface area (Å²) in [4.78, 5) is 17.8. The van der Waals surface area contributed by atoms with Crippen molar-refractivity contribution in [3.8, 4) is 0 Å². The van der Waals surface area contributed by atoms with Gasteiger partial charge in [0, 0.05) is 32.4 Å². The van der Waals surface area contributed by atoms with E-state index in [1.54, 1.807) is 12.4 Å². The van der Waals surface area contributed by atoms with E-state index in [-0.39, 0.29) is 24.9 Å². The Balaban J connectivity index is 1.90. The molecule has 1 amide bonds. The Bertz CT molecular complexity index is 638. The standard InChI is InChI=1S/C12H16FN3O3S/c1-15-5-4-14-12(15)11(8-2-3-8)16-7-9(6-10(16)17)20(13,18)19/h4-5,8-9,11H,2-3,6-7H2,1H3. The fourth-order valence-corrected chi connectivity index (χ4v) is 3.51. The molecule has 2 atom stereocenters. The highest BCUT2D eigenvalue weighted by atomic mass is 32.3. The van der Waals surface area contributed by atoms with E-state index in [9.17, 15) is 17.1 Å². The minimum atomic E-state index is -4.68. The molecule has 8 heteroatoms. The Morgan fingerprint density at radius 2 is 2.15 bits per heavy atom. The van der Waals surface area contributed by atoms with Gasteiger partial charge in [-0.15, -0.1) is 3.89 Å². The number of aryl methyl sites for hydroxylation is 1. The van der Waals surface area contributed by atoms with Crippen molar-refractivity contribution in [2.24, 2.45) is 13.0 Å². The van der Waals surface area contributed by atoms with Gasteiger partial charge in [-0.05, 0) is 18.8 Å². The number of hydrogen-bond acceptors (Lipinski definition) is 4. The molecule has 0 N–H and O–H groups in total. The first-order valence-corrected chi connectivity index (χ1v) is 8.02. The number of rotatable bonds is 4. The molecule has 1 aromatic rings. The molecule has 110 valence electrons. The van der Waals surface area contributed by atoms with Gasteiger partial charge >= 0.3 is 10.2 Å². The maximum atomic E-state index is 13.1. The molecular weight excluding hydrogens is 285 g/mol. The molecule has 1 aromatic heterocycles. The zero-order valence-corrected chi connectivity index (χ0v) is 11.9. The third-order valence-electron chi connectivity index (χ3n) is 4.05. The molecule has 20 heavy (non-hydrogen) atoms. The van der Waals surface area contributed by atoms with E-state index in [1.807, 2.05) is 11.6 Å². The van der Waals surface area contributed by atoms with E-state index in [0.29, 0.717) is 5.92 Å². The molecule has 2 aliphatic rings. The predicted molar refractivity (Wildman–Crippen MR) is 68.8 cm³/mol. The zero-order valence-electron chi connectivity index (χ0n) is 11.1. The van der Waals surface area contributed by atoms with E-state index in [4.69, 9.17) is 0 Å². The second kappa shape index (κ2) is 4.54. The first-order chi connectivity index (χ1) is 9.38. The van der Waals surface area contributed by atoms with E-state index in [2.05, 4.69) is 4.98 Å². The van der Waals surface area contributed by atoms with Crippen LogP contribution in [0.4, 0.5) is 3.89 Å². The lowest BCUT2D eigenvalue weighted by Crippen LogP contribution is -2.34. The zero-order chi connectivity index (χ0) is 14.5. The lowest BCUT2D eigenvalue weighted by molar-refractivity contribution is -0.130. The average molecular weight is 301 g/mol. The summed E-state index contributed by atoms with van der Waals surface area (Å²) < 4.78 is 37.0. The van der Waals surface area contributed by atoms with Gasteiger partial charge < -0.3 is 9.47 Å². The molecule has 1 saturated carbocycles. The van der Waals surface area contributed by atoms with E-state index in [1.165, 1.54) is 4.90 Å². The van der Waals surface area contributed by atoms with Crippen LogP contribution in [0.2, 0.25) is 0 Å². The van der Waals surface area contributed by atoms with Crippen LogP contribution in [0.15, 0.2) is 12.4 Å². The molecule has 0 aromatic carbocycles. The van der Waals surface area contributed by atoms with E-state index < -0.39 is 15.5 Å². The van der Waals surface area contributed by atoms with Gasteiger partial charge in [-0.3, -0.25) is 4.79 Å². The van der Waals surface area contributed by atoms with Crippen LogP contribution < -0.4 is 0 Å². The first kappa shape index (κ1) is 13.5. The summed E-state index contributed by atoms with van der Waals surface area (Å²) in [5, 5.41) is -1.24. The minimum Gasteiger partial charge on any atom is -0.336 e. The lowest BCUT2D eigenvalue weighted by atomic mass is 10.1. The SMILES string of the molecule is Cn1ccnc1C(C1CC1)N1CC(S(=O)(=O)F)CC1=O. The number of amides is 1. The normalized spacial score (nSPS) is 25.2. The van der Waals surface area contributed by atoms with Crippen LogP contribution in [0.25, 0.3) is 0 Å². The summed E-state index contributed by atoms with van der Waals surface area (Å²) in [6.45, 7) is -0.0777. The van der Waals surface area contributed by atoms with Gasteiger partial charge in [0.25, 0.3) is 0 Å². The Hall–Kier alpha value is -1.44. The van der Waals surface area contributed by atoms with Crippen LogP contribution in [-0.4, -0.2) is 40.6 Å². The summed E-state index contributed by atoms with van der Waals surface area (Å²) in [5.41, 5.74) is 0. The molecule has 3 rings (SSSR count). The number of hydrogen-bond donors (Lipinski definition) is 0. The maximum absolute atomic E-state index is 13.1. The molecule has 0 radical (unpaired) electrons. The smallest absolute Gasteiger partial charge is 0.307 e. The Morgan fingerprint density at radius 1 is 1.45 bits per heavy atom. The van der Waals surface area contributed by atoms with Gasteiger partial charge in [-0.2, -0.15) is 8.42 Å². The Kier molecular flexibility index (Phi) is 3.07. The fourth-order valence-electron chi connectivity index (χ4n) is 2.83. The highest BCUT2D eigenvalue weighted by Gasteiger charge is 2.47. The molecule has 2 unspecified atom stereocenters. The third kappa shape index (κ3) is 2.32. The molecule has 0 spiro atoms. The number of imidazole rings is 1. The number of likely N-dealkylation sites (tertiary alicyclic amines) is 1. The topological polar surface area (TPSA) is 72.3 Å². The van der Waals surface area contributed by atoms with Gasteiger partial charge in [0.05, 0.1) is 6.04 Å². The van der Waals surface area contributed by atoms with Gasteiger partial charge in [-0.1, -0.05) is 0 Å². The highest BCUT2D eigenvalue weighted by molar-refractivity contribution is 7.87. The number of nitrogens with zero attached hydrogens (tertiary/aromatic N) is 3. The minimum absolute atomic E-state index is 0.0777. The summed E-state index contributed by atoms with van der Waals surface area (Å²) in [5.74, 6) is 0.718. The summed E-state index contributed by atoms with van der Waals surface area (Å²) in [6, 6.07) is -0.241. The second-order valence-corrected chi connectivity index (χ2v) is 7.14. The largest absolute Gasteiger partial charge is 0.336 e. The quantitative estimate of drug-likeness (QED) is 0.770. The predicted octanol–water partition coefficient (Wildman–Crippen LogP) is 0.771. The summed E-state index contributed by atoms with van der Waals surface area (Å²) >= 11 is 0. The monoisotopic (exact) mass is 301 g/mol. The average Bonchev–Trinajstić information content (AvgIpc) is 2.98. The molecule has 6 nitrogen and oxygen atoms in total. The van der Waals surface area contributed by atoms with Crippen LogP contribution >= 0.6 is 0 Å². The van der Waals surface area contributed by atoms with Crippen molar-refractivity contribution in [3.63, 3.8) is 0 Å². The van der Waals surface area contributed by atoms with Crippen LogP contribution in [-0.2, 0) is 22.1 Å². The van der Waals surface area contributed by atoms with Gasteiger partial charge in [0.15, 0.2) is 0 Å². The number of aromatic nitrogens is 2. The molecule has 2 heterocycles. The van der Waals surface area contributed by atoms with Crippen molar-refractivity contribution in [2.45, 2.75) is 30.6 Å². The van der Waals surface area contributed by atoms with Crippen LogP contribution in [0.3, 0.4) is 0 Å². The number of halogens is 1. The lowest BCUT2D eigenvalue weighted by Gasteiger charge is -2.27. The molecule has 1 aliphatic heterocycles. The maximum Gasteiger partial charge on any atom is 0.307 e. The summed E-state index contributed by atoms with van der Waals surface area (Å²) in [6.07, 6.45) is 5.12. The van der Waals surface area contributed by atoms with Crippen molar-refractivity contribution >= 4 is 16.1 Å².